The largest absolute Gasteiger partial charge is 0.323 e. The van der Waals surface area contributed by atoms with E-state index in [0.29, 0.717) is 0 Å². The molecule has 0 aliphatic rings. The molecular formula is C16H28FN3. The zero-order valence-corrected chi connectivity index (χ0v) is 13.1. The molecule has 0 aliphatic heterocycles. The monoisotopic (exact) mass is 281 g/mol. The molecule has 0 saturated carbocycles. The molecule has 2 atom stereocenters. The van der Waals surface area contributed by atoms with Gasteiger partial charge in [-0.2, -0.15) is 0 Å². The normalized spacial score (nSPS) is 14.8. The highest BCUT2D eigenvalue weighted by atomic mass is 19.1. The number of benzene rings is 1. The van der Waals surface area contributed by atoms with E-state index in [1.165, 1.54) is 12.1 Å². The van der Waals surface area contributed by atoms with Gasteiger partial charge in [0.1, 0.15) is 5.82 Å². The van der Waals surface area contributed by atoms with Crippen LogP contribution in [-0.2, 0) is 0 Å². The Kier molecular flexibility index (Phi) is 7.13. The van der Waals surface area contributed by atoms with Gasteiger partial charge in [0.25, 0.3) is 0 Å². The third-order valence-electron chi connectivity index (χ3n) is 3.81. The second kappa shape index (κ2) is 8.35. The molecule has 0 saturated heterocycles. The Bertz CT molecular complexity index is 378. The summed E-state index contributed by atoms with van der Waals surface area (Å²) in [6.45, 7) is 7.39. The molecule has 0 spiro atoms. The number of hydrogen-bond acceptors (Lipinski definition) is 3. The molecule has 0 radical (unpaired) electrons. The van der Waals surface area contributed by atoms with E-state index in [9.17, 15) is 4.39 Å². The predicted octanol–water partition coefficient (Wildman–Crippen LogP) is 2.49. The summed E-state index contributed by atoms with van der Waals surface area (Å²) in [5.41, 5.74) is 7.31. The van der Waals surface area contributed by atoms with Gasteiger partial charge in [0.15, 0.2) is 0 Å². The lowest BCUT2D eigenvalue weighted by atomic mass is 10.00. The fourth-order valence-corrected chi connectivity index (χ4v) is 2.43. The first-order valence-electron chi connectivity index (χ1n) is 7.35. The van der Waals surface area contributed by atoms with Crippen LogP contribution in [0.1, 0.15) is 31.9 Å². The molecule has 0 heterocycles. The Morgan fingerprint density at radius 2 is 1.75 bits per heavy atom. The van der Waals surface area contributed by atoms with Crippen LogP contribution in [0.25, 0.3) is 0 Å². The summed E-state index contributed by atoms with van der Waals surface area (Å²) in [6.07, 6.45) is 1.13. The van der Waals surface area contributed by atoms with E-state index in [0.717, 1.165) is 31.6 Å². The van der Waals surface area contributed by atoms with Crippen molar-refractivity contribution in [2.24, 2.45) is 5.73 Å². The first kappa shape index (κ1) is 17.1. The second-order valence-corrected chi connectivity index (χ2v) is 5.60. The maximum absolute atomic E-state index is 13.0. The van der Waals surface area contributed by atoms with Crippen LogP contribution in [0.2, 0.25) is 0 Å². The Hall–Kier alpha value is -0.970. The van der Waals surface area contributed by atoms with Crippen molar-refractivity contribution in [1.82, 2.24) is 9.80 Å². The number of nitrogens with two attached hydrogens (primary N) is 1. The van der Waals surface area contributed by atoms with Crippen LogP contribution in [0.5, 0.6) is 0 Å². The van der Waals surface area contributed by atoms with Crippen LogP contribution in [0.3, 0.4) is 0 Å². The van der Waals surface area contributed by atoms with Crippen LogP contribution < -0.4 is 5.73 Å². The van der Waals surface area contributed by atoms with Gasteiger partial charge in [-0.05, 0) is 64.8 Å². The molecule has 1 rings (SSSR count). The van der Waals surface area contributed by atoms with E-state index in [1.54, 1.807) is 12.1 Å². The van der Waals surface area contributed by atoms with Gasteiger partial charge in [0, 0.05) is 12.1 Å². The molecule has 3 nitrogen and oxygen atoms in total. The predicted molar refractivity (Wildman–Crippen MR) is 83.2 cm³/mol. The minimum atomic E-state index is -0.216. The highest BCUT2D eigenvalue weighted by Crippen LogP contribution is 2.19. The van der Waals surface area contributed by atoms with E-state index < -0.39 is 0 Å². The van der Waals surface area contributed by atoms with E-state index in [4.69, 9.17) is 5.73 Å². The van der Waals surface area contributed by atoms with Gasteiger partial charge in [0.2, 0.25) is 0 Å². The average Bonchev–Trinajstić information content (AvgIpc) is 2.42. The first-order valence-corrected chi connectivity index (χ1v) is 7.35. The molecule has 0 fully saturated rings. The minimum absolute atomic E-state index is 0.0880. The Balaban J connectivity index is 2.60. The summed E-state index contributed by atoms with van der Waals surface area (Å²) in [7, 11) is 4.17. The van der Waals surface area contributed by atoms with Gasteiger partial charge in [-0.1, -0.05) is 19.1 Å². The van der Waals surface area contributed by atoms with E-state index in [-0.39, 0.29) is 17.9 Å². The van der Waals surface area contributed by atoms with Crippen LogP contribution in [-0.4, -0.2) is 49.6 Å². The third kappa shape index (κ3) is 5.19. The van der Waals surface area contributed by atoms with E-state index >= 15 is 0 Å². The van der Waals surface area contributed by atoms with Crippen LogP contribution in [0, 0.1) is 5.82 Å². The lowest BCUT2D eigenvalue weighted by molar-refractivity contribution is 0.184. The molecular weight excluding hydrogens is 253 g/mol. The van der Waals surface area contributed by atoms with Gasteiger partial charge in [0.05, 0.1) is 0 Å². The van der Waals surface area contributed by atoms with Crippen molar-refractivity contribution < 1.29 is 4.39 Å². The molecule has 0 amide bonds. The van der Waals surface area contributed by atoms with Crippen LogP contribution in [0.4, 0.5) is 4.39 Å². The van der Waals surface area contributed by atoms with Crippen LogP contribution >= 0.6 is 0 Å². The Labute approximate surface area is 122 Å². The van der Waals surface area contributed by atoms with Crippen molar-refractivity contribution in [2.45, 2.75) is 32.4 Å². The molecule has 0 bridgehead atoms. The number of nitrogens with zero attached hydrogens (tertiary/aromatic N) is 2. The van der Waals surface area contributed by atoms with Gasteiger partial charge < -0.3 is 10.6 Å². The summed E-state index contributed by atoms with van der Waals surface area (Å²) in [5, 5.41) is 0. The molecule has 0 aliphatic carbocycles. The molecule has 20 heavy (non-hydrogen) atoms. The van der Waals surface area contributed by atoms with Crippen molar-refractivity contribution in [3.05, 3.63) is 35.6 Å². The Morgan fingerprint density at radius 3 is 2.25 bits per heavy atom. The minimum Gasteiger partial charge on any atom is -0.323 e. The van der Waals surface area contributed by atoms with Crippen molar-refractivity contribution in [1.29, 1.82) is 0 Å². The first-order chi connectivity index (χ1) is 9.45. The summed E-state index contributed by atoms with van der Waals surface area (Å²) in [4.78, 5) is 4.58. The molecule has 2 N–H and O–H groups in total. The number of hydrogen-bond donors (Lipinski definition) is 1. The number of rotatable bonds is 8. The SMILES string of the molecule is CCN(CCCN(C)C)C(C)C(N)c1ccc(F)cc1. The van der Waals surface area contributed by atoms with Crippen LogP contribution in [0.15, 0.2) is 24.3 Å². The quantitative estimate of drug-likeness (QED) is 0.794. The van der Waals surface area contributed by atoms with Gasteiger partial charge in [-0.3, -0.25) is 4.90 Å². The summed E-state index contributed by atoms with van der Waals surface area (Å²) in [5.74, 6) is -0.216. The molecule has 1 aromatic rings. The molecule has 0 aromatic heterocycles. The number of likely N-dealkylation sites (N-methyl/N-ethyl adjacent to an activating group) is 1. The van der Waals surface area contributed by atoms with E-state index in [2.05, 4.69) is 37.7 Å². The zero-order chi connectivity index (χ0) is 15.1. The maximum atomic E-state index is 13.0. The van der Waals surface area contributed by atoms with E-state index in [1.807, 2.05) is 0 Å². The zero-order valence-electron chi connectivity index (χ0n) is 13.1. The summed E-state index contributed by atoms with van der Waals surface area (Å²) in [6, 6.07) is 6.67. The fraction of sp³-hybridized carbons (Fsp3) is 0.625. The van der Waals surface area contributed by atoms with Gasteiger partial charge in [-0.15, -0.1) is 0 Å². The van der Waals surface area contributed by atoms with Crippen molar-refractivity contribution in [2.75, 3.05) is 33.7 Å². The Morgan fingerprint density at radius 1 is 1.15 bits per heavy atom. The standard InChI is InChI=1S/C16H28FN3/c1-5-20(12-6-11-19(3)4)13(2)16(18)14-7-9-15(17)10-8-14/h7-10,13,16H,5-6,11-12,18H2,1-4H3. The second-order valence-electron chi connectivity index (χ2n) is 5.60. The molecule has 4 heteroatoms. The lowest BCUT2D eigenvalue weighted by Gasteiger charge is -2.32. The van der Waals surface area contributed by atoms with Crippen molar-refractivity contribution in [3.8, 4) is 0 Å². The van der Waals surface area contributed by atoms with Crippen molar-refractivity contribution in [3.63, 3.8) is 0 Å². The lowest BCUT2D eigenvalue weighted by Crippen LogP contribution is -2.41. The van der Waals surface area contributed by atoms with Gasteiger partial charge in [-0.25, -0.2) is 4.39 Å². The van der Waals surface area contributed by atoms with Crippen molar-refractivity contribution >= 4 is 0 Å². The number of halogens is 1. The highest BCUT2D eigenvalue weighted by molar-refractivity contribution is 5.20. The highest BCUT2D eigenvalue weighted by Gasteiger charge is 2.20. The van der Waals surface area contributed by atoms with Gasteiger partial charge >= 0.3 is 0 Å². The smallest absolute Gasteiger partial charge is 0.123 e. The third-order valence-corrected chi connectivity index (χ3v) is 3.81. The molecule has 2 unspecified atom stereocenters. The molecule has 1 aromatic carbocycles. The average molecular weight is 281 g/mol. The topological polar surface area (TPSA) is 32.5 Å². The fourth-order valence-electron chi connectivity index (χ4n) is 2.43. The molecule has 114 valence electrons. The maximum Gasteiger partial charge on any atom is 0.123 e. The summed E-state index contributed by atoms with van der Waals surface area (Å²) >= 11 is 0. The summed E-state index contributed by atoms with van der Waals surface area (Å²) < 4.78 is 13.0.